The average molecular weight is 277 g/mol. The van der Waals surface area contributed by atoms with E-state index in [4.69, 9.17) is 5.73 Å². The highest BCUT2D eigenvalue weighted by Gasteiger charge is 2.21. The topological polar surface area (TPSA) is 49.6 Å². The van der Waals surface area contributed by atoms with Crippen LogP contribution in [0.15, 0.2) is 24.3 Å². The third-order valence-electron chi connectivity index (χ3n) is 3.32. The largest absolute Gasteiger partial charge is 0.340 e. The molecule has 4 heteroatoms. The highest BCUT2D eigenvalue weighted by molar-refractivity contribution is 5.83. The molecule has 1 amide bonds. The normalized spacial score (nSPS) is 12.5. The van der Waals surface area contributed by atoms with Crippen LogP contribution in [-0.4, -0.2) is 49.4 Å². The van der Waals surface area contributed by atoms with Crippen LogP contribution in [0, 0.1) is 6.92 Å². The van der Waals surface area contributed by atoms with E-state index >= 15 is 0 Å². The third kappa shape index (κ3) is 4.94. The van der Waals surface area contributed by atoms with Crippen molar-refractivity contribution in [1.29, 1.82) is 0 Å². The molecule has 20 heavy (non-hydrogen) atoms. The Morgan fingerprint density at radius 2 is 1.75 bits per heavy atom. The van der Waals surface area contributed by atoms with Crippen molar-refractivity contribution in [2.24, 2.45) is 5.73 Å². The smallest absolute Gasteiger partial charge is 0.244 e. The number of nitrogens with two attached hydrogens (primary N) is 1. The fraction of sp³-hybridized carbons (Fsp3) is 0.562. The number of aryl methyl sites for hydroxylation is 1. The van der Waals surface area contributed by atoms with E-state index < -0.39 is 6.04 Å². The van der Waals surface area contributed by atoms with E-state index in [1.54, 1.807) is 0 Å². The molecule has 0 fully saturated rings. The summed E-state index contributed by atoms with van der Waals surface area (Å²) in [6.07, 6.45) is 0.944. The quantitative estimate of drug-likeness (QED) is 0.826. The summed E-state index contributed by atoms with van der Waals surface area (Å²) in [6, 6.07) is 7.30. The van der Waals surface area contributed by atoms with Gasteiger partial charge in [-0.15, -0.1) is 0 Å². The van der Waals surface area contributed by atoms with Crippen molar-refractivity contribution in [3.05, 3.63) is 35.4 Å². The van der Waals surface area contributed by atoms with E-state index in [-0.39, 0.29) is 5.91 Å². The van der Waals surface area contributed by atoms with Gasteiger partial charge < -0.3 is 15.5 Å². The second-order valence-electron chi connectivity index (χ2n) is 5.52. The molecule has 0 saturated heterocycles. The van der Waals surface area contributed by atoms with E-state index in [9.17, 15) is 4.79 Å². The van der Waals surface area contributed by atoms with E-state index in [1.165, 1.54) is 5.56 Å². The van der Waals surface area contributed by atoms with E-state index in [0.29, 0.717) is 0 Å². The molecule has 4 nitrogen and oxygen atoms in total. The first-order valence-corrected chi connectivity index (χ1v) is 7.21. The second-order valence-corrected chi connectivity index (χ2v) is 5.52. The standard InChI is InChI=1S/C16H27N3O/c1-5-10-19(12-11-18(3)4)16(20)15(17)14-8-6-13(2)7-9-14/h6-9,15H,5,10-12,17H2,1-4H3. The van der Waals surface area contributed by atoms with Gasteiger partial charge in [-0.1, -0.05) is 36.8 Å². The van der Waals surface area contributed by atoms with Gasteiger partial charge in [-0.2, -0.15) is 0 Å². The van der Waals surface area contributed by atoms with Crippen molar-refractivity contribution in [2.45, 2.75) is 26.3 Å². The molecule has 1 atom stereocenters. The number of hydrogen-bond acceptors (Lipinski definition) is 3. The zero-order chi connectivity index (χ0) is 15.1. The summed E-state index contributed by atoms with van der Waals surface area (Å²) in [7, 11) is 4.02. The Hall–Kier alpha value is -1.39. The first kappa shape index (κ1) is 16.7. The van der Waals surface area contributed by atoms with Crippen LogP contribution < -0.4 is 5.73 Å². The summed E-state index contributed by atoms with van der Waals surface area (Å²) < 4.78 is 0. The molecule has 1 aromatic carbocycles. The van der Waals surface area contributed by atoms with Gasteiger partial charge in [0.05, 0.1) is 0 Å². The Labute approximate surface area is 122 Å². The van der Waals surface area contributed by atoms with E-state index in [0.717, 1.165) is 31.6 Å². The molecule has 0 bridgehead atoms. The van der Waals surface area contributed by atoms with Crippen LogP contribution in [0.5, 0.6) is 0 Å². The van der Waals surface area contributed by atoms with Gasteiger partial charge in [0.2, 0.25) is 5.91 Å². The summed E-state index contributed by atoms with van der Waals surface area (Å²) in [4.78, 5) is 16.5. The lowest BCUT2D eigenvalue weighted by Crippen LogP contribution is -2.42. The summed E-state index contributed by atoms with van der Waals surface area (Å²) in [5, 5.41) is 0. The first-order chi connectivity index (χ1) is 9.45. The Kier molecular flexibility index (Phi) is 6.68. The molecule has 0 radical (unpaired) electrons. The maximum absolute atomic E-state index is 12.5. The van der Waals surface area contributed by atoms with Crippen LogP contribution in [-0.2, 0) is 4.79 Å². The lowest BCUT2D eigenvalue weighted by atomic mass is 10.0. The SMILES string of the molecule is CCCN(CCN(C)C)C(=O)C(N)c1ccc(C)cc1. The number of amides is 1. The minimum absolute atomic E-state index is 0.0116. The first-order valence-electron chi connectivity index (χ1n) is 7.21. The van der Waals surface area contributed by atoms with Crippen molar-refractivity contribution in [2.75, 3.05) is 33.7 Å². The third-order valence-corrected chi connectivity index (χ3v) is 3.32. The van der Waals surface area contributed by atoms with Crippen molar-refractivity contribution in [1.82, 2.24) is 9.80 Å². The molecule has 0 aliphatic carbocycles. The van der Waals surface area contributed by atoms with Gasteiger partial charge in [-0.05, 0) is 33.0 Å². The molecule has 1 unspecified atom stereocenters. The fourth-order valence-corrected chi connectivity index (χ4v) is 2.04. The van der Waals surface area contributed by atoms with Crippen molar-refractivity contribution in [3.8, 4) is 0 Å². The maximum atomic E-state index is 12.5. The minimum Gasteiger partial charge on any atom is -0.340 e. The average Bonchev–Trinajstić information content (AvgIpc) is 2.42. The monoisotopic (exact) mass is 277 g/mol. The lowest BCUT2D eigenvalue weighted by Gasteiger charge is -2.27. The van der Waals surface area contributed by atoms with Gasteiger partial charge in [0, 0.05) is 19.6 Å². The summed E-state index contributed by atoms with van der Waals surface area (Å²) in [6.45, 7) is 6.43. The van der Waals surface area contributed by atoms with Crippen molar-refractivity contribution >= 4 is 5.91 Å². The van der Waals surface area contributed by atoms with Crippen LogP contribution in [0.25, 0.3) is 0 Å². The summed E-state index contributed by atoms with van der Waals surface area (Å²) in [5.74, 6) is 0.0116. The molecule has 1 aromatic rings. The highest BCUT2D eigenvalue weighted by Crippen LogP contribution is 2.14. The molecule has 0 aromatic heterocycles. The minimum atomic E-state index is -0.565. The molecule has 0 aliphatic heterocycles. The van der Waals surface area contributed by atoms with Gasteiger partial charge in [0.1, 0.15) is 6.04 Å². The van der Waals surface area contributed by atoms with Gasteiger partial charge in [-0.3, -0.25) is 4.79 Å². The van der Waals surface area contributed by atoms with Gasteiger partial charge in [0.15, 0.2) is 0 Å². The molecule has 112 valence electrons. The van der Waals surface area contributed by atoms with Crippen LogP contribution in [0.4, 0.5) is 0 Å². The molecular weight excluding hydrogens is 250 g/mol. The molecule has 1 rings (SSSR count). The summed E-state index contributed by atoms with van der Waals surface area (Å²) >= 11 is 0. The molecule has 0 aliphatic rings. The molecule has 0 heterocycles. The van der Waals surface area contributed by atoms with Crippen molar-refractivity contribution in [3.63, 3.8) is 0 Å². The number of nitrogens with zero attached hydrogens (tertiary/aromatic N) is 2. The number of likely N-dealkylation sites (N-methyl/N-ethyl adjacent to an activating group) is 1. The zero-order valence-electron chi connectivity index (χ0n) is 13.1. The maximum Gasteiger partial charge on any atom is 0.244 e. The van der Waals surface area contributed by atoms with Gasteiger partial charge in [0.25, 0.3) is 0 Å². The Morgan fingerprint density at radius 3 is 2.25 bits per heavy atom. The zero-order valence-corrected chi connectivity index (χ0v) is 13.1. The summed E-state index contributed by atoms with van der Waals surface area (Å²) in [5.41, 5.74) is 8.18. The number of benzene rings is 1. The number of rotatable bonds is 7. The molecular formula is C16H27N3O. The van der Waals surface area contributed by atoms with Crippen LogP contribution >= 0.6 is 0 Å². The van der Waals surface area contributed by atoms with Crippen LogP contribution in [0.3, 0.4) is 0 Å². The Morgan fingerprint density at radius 1 is 1.15 bits per heavy atom. The predicted octanol–water partition coefficient (Wildman–Crippen LogP) is 1.80. The van der Waals surface area contributed by atoms with Gasteiger partial charge in [-0.25, -0.2) is 0 Å². The van der Waals surface area contributed by atoms with Crippen molar-refractivity contribution < 1.29 is 4.79 Å². The Balaban J connectivity index is 2.74. The van der Waals surface area contributed by atoms with E-state index in [1.807, 2.05) is 50.2 Å². The molecule has 0 saturated carbocycles. The number of hydrogen-bond donors (Lipinski definition) is 1. The van der Waals surface area contributed by atoms with Crippen LogP contribution in [0.1, 0.15) is 30.5 Å². The molecule has 2 N–H and O–H groups in total. The Bertz CT molecular complexity index is 414. The lowest BCUT2D eigenvalue weighted by molar-refractivity contribution is -0.133. The second kappa shape index (κ2) is 8.02. The van der Waals surface area contributed by atoms with Crippen LogP contribution in [0.2, 0.25) is 0 Å². The molecule has 0 spiro atoms. The fourth-order valence-electron chi connectivity index (χ4n) is 2.04. The predicted molar refractivity (Wildman–Crippen MR) is 83.5 cm³/mol. The number of carbonyl (C=O) groups is 1. The van der Waals surface area contributed by atoms with Gasteiger partial charge >= 0.3 is 0 Å². The van der Waals surface area contributed by atoms with E-state index in [2.05, 4.69) is 11.8 Å². The highest BCUT2D eigenvalue weighted by atomic mass is 16.2. The number of carbonyl (C=O) groups excluding carboxylic acids is 1.